The second-order valence-electron chi connectivity index (χ2n) is 19.1. The molecule has 2 atom stereocenters. The van der Waals surface area contributed by atoms with E-state index in [1.54, 1.807) is 12.1 Å². The second-order valence-corrected chi connectivity index (χ2v) is 22.3. The monoisotopic (exact) mass is 995 g/mol. The summed E-state index contributed by atoms with van der Waals surface area (Å²) in [5.41, 5.74) is 0.145. The van der Waals surface area contributed by atoms with Gasteiger partial charge in [-0.25, -0.2) is 0 Å². The van der Waals surface area contributed by atoms with Crippen LogP contribution in [0.2, 0.25) is 0 Å². The zero-order chi connectivity index (χ0) is 49.7. The molecule has 68 heavy (non-hydrogen) atoms. The first-order chi connectivity index (χ1) is 32.8. The number of hydrogen-bond acceptors (Lipinski definition) is 9. The second kappa shape index (κ2) is 37.9. The van der Waals surface area contributed by atoms with Crippen molar-refractivity contribution in [1.82, 2.24) is 0 Å². The molecule has 0 aliphatic heterocycles. The van der Waals surface area contributed by atoms with Crippen LogP contribution in [0, 0.1) is 0 Å². The Kier molecular flexibility index (Phi) is 34.1. The van der Waals surface area contributed by atoms with Gasteiger partial charge in [-0.15, -0.1) is 0 Å². The normalized spacial score (nSPS) is 12.8. The summed E-state index contributed by atoms with van der Waals surface area (Å²) in [5.74, 6) is 0.465. The van der Waals surface area contributed by atoms with Gasteiger partial charge in [0.1, 0.15) is 16.3 Å². The molecule has 0 aromatic heterocycles. The smallest absolute Gasteiger partial charge is 0.272 e. The minimum atomic E-state index is -4.84. The number of carbonyl (C=O) groups excluding carboxylic acids is 1. The Hall–Kier alpha value is -2.87. The largest absolute Gasteiger partial charge is 0.493 e. The molecular weight excluding hydrogens is 901 g/mol. The number of Topliss-reactive ketones (excluding diaryl/α,β-unsaturated/α-hetero) is 1. The lowest BCUT2D eigenvalue weighted by atomic mass is 10.0. The van der Waals surface area contributed by atoms with Gasteiger partial charge >= 0.3 is 0 Å². The zero-order valence-electron chi connectivity index (χ0n) is 43.0. The van der Waals surface area contributed by atoms with Crippen molar-refractivity contribution in [3.8, 4) is 23.0 Å². The van der Waals surface area contributed by atoms with Crippen LogP contribution in [0.4, 0.5) is 0 Å². The van der Waals surface area contributed by atoms with Gasteiger partial charge in [-0.2, -0.15) is 16.8 Å². The van der Waals surface area contributed by atoms with Crippen molar-refractivity contribution in [3.05, 3.63) is 47.5 Å². The van der Waals surface area contributed by atoms with Crippen LogP contribution in [-0.2, 0) is 25.0 Å². The molecule has 0 aliphatic carbocycles. The number of ketones is 1. The van der Waals surface area contributed by atoms with E-state index >= 15 is 0 Å². The fourth-order valence-corrected chi connectivity index (χ4v) is 10.7. The molecule has 0 heterocycles. The molecule has 11 nitrogen and oxygen atoms in total. The van der Waals surface area contributed by atoms with Crippen LogP contribution in [0.5, 0.6) is 23.0 Å². The lowest BCUT2D eigenvalue weighted by molar-refractivity contribution is -0.119. The number of benzene rings is 2. The van der Waals surface area contributed by atoms with Crippen molar-refractivity contribution in [2.45, 2.75) is 243 Å². The lowest BCUT2D eigenvalue weighted by Gasteiger charge is -2.19. The first-order valence-corrected chi connectivity index (χ1v) is 29.9. The van der Waals surface area contributed by atoms with Gasteiger partial charge in [0.25, 0.3) is 20.2 Å². The molecule has 0 saturated carbocycles. The summed E-state index contributed by atoms with van der Waals surface area (Å²) in [4.78, 5) is 13.5. The summed E-state index contributed by atoms with van der Waals surface area (Å²) in [7, 11) is -6.86. The fraction of sp³-hybridized carbons (Fsp3) is 0.764. The molecule has 0 fully saturated rings. The number of carbonyl (C=O) groups is 1. The number of hydrogen-bond donors (Lipinski definition) is 2. The molecule has 0 bridgehead atoms. The van der Waals surface area contributed by atoms with Gasteiger partial charge < -0.3 is 18.9 Å². The predicted molar refractivity (Wildman–Crippen MR) is 279 cm³/mol. The molecule has 2 unspecified atom stereocenters. The Morgan fingerprint density at radius 2 is 0.662 bits per heavy atom. The van der Waals surface area contributed by atoms with E-state index in [0.717, 1.165) is 38.5 Å². The van der Waals surface area contributed by atoms with Crippen molar-refractivity contribution in [3.63, 3.8) is 0 Å². The van der Waals surface area contributed by atoms with E-state index in [2.05, 4.69) is 13.8 Å². The maximum Gasteiger partial charge on any atom is 0.272 e. The van der Waals surface area contributed by atoms with Gasteiger partial charge in [-0.05, 0) is 48.2 Å². The van der Waals surface area contributed by atoms with Crippen LogP contribution in [0.15, 0.2) is 36.4 Å². The van der Waals surface area contributed by atoms with E-state index in [-0.39, 0.29) is 22.6 Å². The van der Waals surface area contributed by atoms with Crippen LogP contribution in [0.3, 0.4) is 0 Å². The third-order valence-electron chi connectivity index (χ3n) is 13.2. The van der Waals surface area contributed by atoms with Crippen LogP contribution in [-0.4, -0.2) is 59.2 Å². The van der Waals surface area contributed by atoms with E-state index in [1.807, 2.05) is 0 Å². The van der Waals surface area contributed by atoms with Crippen molar-refractivity contribution in [2.75, 3.05) is 27.4 Å². The van der Waals surface area contributed by atoms with Gasteiger partial charge in [0.15, 0.2) is 23.0 Å². The van der Waals surface area contributed by atoms with Gasteiger partial charge in [0.05, 0.1) is 27.4 Å². The van der Waals surface area contributed by atoms with E-state index in [9.17, 15) is 30.7 Å². The highest BCUT2D eigenvalue weighted by Crippen LogP contribution is 2.38. The van der Waals surface area contributed by atoms with Crippen molar-refractivity contribution < 1.29 is 49.7 Å². The van der Waals surface area contributed by atoms with Crippen LogP contribution >= 0.6 is 0 Å². The van der Waals surface area contributed by atoms with E-state index in [0.29, 0.717) is 24.7 Å². The molecule has 0 aliphatic rings. The minimum absolute atomic E-state index is 0.0726. The summed E-state index contributed by atoms with van der Waals surface area (Å²) in [5, 5.41) is -3.43. The average molecular weight is 995 g/mol. The molecule has 0 radical (unpaired) electrons. The summed E-state index contributed by atoms with van der Waals surface area (Å²) in [6.07, 6.45) is 39.1. The summed E-state index contributed by atoms with van der Waals surface area (Å²) < 4.78 is 94.1. The average Bonchev–Trinajstić information content (AvgIpc) is 3.31. The van der Waals surface area contributed by atoms with Gasteiger partial charge in [0.2, 0.25) is 0 Å². The zero-order valence-corrected chi connectivity index (χ0v) is 44.6. The molecule has 2 rings (SSSR count). The lowest BCUT2D eigenvalue weighted by Crippen LogP contribution is -2.21. The molecular formula is C55H94O11S2. The van der Waals surface area contributed by atoms with Crippen LogP contribution in [0.1, 0.15) is 254 Å². The third-order valence-corrected chi connectivity index (χ3v) is 15.5. The van der Waals surface area contributed by atoms with Gasteiger partial charge in [-0.3, -0.25) is 13.9 Å². The SMILES string of the molecule is CCCCCCCCCCCCCCCCCCOc1ccc(C(CC(=O)CC(c2ccc(OCCCCCCCCCCCCCCCCCC)c(OC)c2)S(=O)(=O)O)S(=O)(=O)O)cc1OC. The number of methoxy groups -OCH3 is 2. The van der Waals surface area contributed by atoms with Crippen LogP contribution < -0.4 is 18.9 Å². The molecule has 2 N–H and O–H groups in total. The molecule has 392 valence electrons. The topological polar surface area (TPSA) is 163 Å². The highest BCUT2D eigenvalue weighted by Gasteiger charge is 2.34. The van der Waals surface area contributed by atoms with Crippen molar-refractivity contribution >= 4 is 26.0 Å². The Morgan fingerprint density at radius 1 is 0.412 bits per heavy atom. The minimum Gasteiger partial charge on any atom is -0.493 e. The first-order valence-electron chi connectivity index (χ1n) is 26.9. The molecule has 0 spiro atoms. The Balaban J connectivity index is 1.80. The van der Waals surface area contributed by atoms with Crippen molar-refractivity contribution in [1.29, 1.82) is 0 Å². The highest BCUT2D eigenvalue weighted by atomic mass is 32.2. The maximum absolute atomic E-state index is 13.5. The Bertz CT molecular complexity index is 1690. The standard InChI is InChI=1S/C55H94O11S2/c1-5-7-9-11-13-15-17-19-21-23-25-27-29-31-33-35-41-65-50-39-37-47(43-52(50)63-3)54(67(57,58)59)45-49(56)46-55(68(60,61)62)48-38-40-51(53(44-48)64-4)66-42-36-34-32-30-28-26-24-22-20-18-16-14-12-10-8-6-2/h37-40,43-44,54-55H,5-36,41-42,45-46H2,1-4H3,(H,57,58,59)(H,60,61,62). The predicted octanol–water partition coefficient (Wildman–Crippen LogP) is 15.9. The molecule has 13 heteroatoms. The summed E-state index contributed by atoms with van der Waals surface area (Å²) in [6.45, 7) is 5.41. The fourth-order valence-electron chi connectivity index (χ4n) is 8.96. The van der Waals surface area contributed by atoms with E-state index in [1.165, 1.54) is 205 Å². The Morgan fingerprint density at radius 3 is 0.897 bits per heavy atom. The van der Waals surface area contributed by atoms with E-state index in [4.69, 9.17) is 18.9 Å². The molecule has 0 saturated heterocycles. The first kappa shape index (κ1) is 61.3. The Labute approximate surface area is 414 Å². The highest BCUT2D eigenvalue weighted by molar-refractivity contribution is 7.86. The molecule has 2 aromatic rings. The summed E-state index contributed by atoms with van der Waals surface area (Å²) >= 11 is 0. The van der Waals surface area contributed by atoms with Gasteiger partial charge in [0, 0.05) is 12.8 Å². The number of ether oxygens (including phenoxy) is 4. The summed E-state index contributed by atoms with van der Waals surface area (Å²) in [6, 6.07) is 8.78. The van der Waals surface area contributed by atoms with Crippen LogP contribution in [0.25, 0.3) is 0 Å². The maximum atomic E-state index is 13.5. The number of unbranched alkanes of at least 4 members (excludes halogenated alkanes) is 30. The number of rotatable bonds is 46. The molecule has 2 aromatic carbocycles. The third kappa shape index (κ3) is 28.1. The van der Waals surface area contributed by atoms with E-state index < -0.39 is 49.4 Å². The van der Waals surface area contributed by atoms with Gasteiger partial charge in [-0.1, -0.05) is 219 Å². The molecule has 0 amide bonds. The quantitative estimate of drug-likeness (QED) is 0.0479. The van der Waals surface area contributed by atoms with Crippen molar-refractivity contribution in [2.24, 2.45) is 0 Å².